The van der Waals surface area contributed by atoms with Crippen molar-refractivity contribution in [3.05, 3.63) is 23.1 Å². The number of rotatable bonds is 3. The lowest BCUT2D eigenvalue weighted by molar-refractivity contribution is 0.0940. The van der Waals surface area contributed by atoms with Crippen molar-refractivity contribution in [1.29, 1.82) is 0 Å². The molecular formula is C16H22N4O2. The molecule has 22 heavy (non-hydrogen) atoms. The second-order valence-corrected chi connectivity index (χ2v) is 7.22. The van der Waals surface area contributed by atoms with Gasteiger partial charge in [0, 0.05) is 18.3 Å². The average Bonchev–Trinajstić information content (AvgIpc) is 2.99. The van der Waals surface area contributed by atoms with E-state index in [1.54, 1.807) is 0 Å². The van der Waals surface area contributed by atoms with Crippen molar-refractivity contribution in [3.8, 4) is 11.6 Å². The predicted octanol–water partition coefficient (Wildman–Crippen LogP) is 2.58. The Labute approximate surface area is 129 Å². The van der Waals surface area contributed by atoms with E-state index in [0.717, 1.165) is 24.2 Å². The fourth-order valence-corrected chi connectivity index (χ4v) is 2.72. The maximum absolute atomic E-state index is 12.1. The smallest absolute Gasteiger partial charge is 0.271 e. The monoisotopic (exact) mass is 302 g/mol. The fraction of sp³-hybridized carbons (Fsp3) is 0.562. The van der Waals surface area contributed by atoms with Crippen molar-refractivity contribution in [2.24, 2.45) is 11.3 Å². The molecule has 6 heteroatoms. The summed E-state index contributed by atoms with van der Waals surface area (Å²) in [5, 5.41) is 6.99. The first-order valence-electron chi connectivity index (χ1n) is 7.67. The molecule has 2 N–H and O–H groups in total. The summed E-state index contributed by atoms with van der Waals surface area (Å²) in [5.74, 6) is 1.53. The molecule has 0 bridgehead atoms. The number of hydrogen-bond donors (Lipinski definition) is 2. The summed E-state index contributed by atoms with van der Waals surface area (Å²) in [5.41, 5.74) is 2.22. The lowest BCUT2D eigenvalue weighted by Crippen LogP contribution is -2.32. The molecule has 0 radical (unpaired) electrons. The predicted molar refractivity (Wildman–Crippen MR) is 82.4 cm³/mol. The Morgan fingerprint density at radius 3 is 2.91 bits per heavy atom. The topological polar surface area (TPSA) is 83.8 Å². The molecule has 2 aromatic heterocycles. The third kappa shape index (κ3) is 2.91. The van der Waals surface area contributed by atoms with E-state index in [1.807, 2.05) is 6.07 Å². The third-order valence-electron chi connectivity index (χ3n) is 3.79. The van der Waals surface area contributed by atoms with Crippen LogP contribution >= 0.6 is 0 Å². The molecule has 0 unspecified atom stereocenters. The van der Waals surface area contributed by atoms with Crippen molar-refractivity contribution in [1.82, 2.24) is 20.4 Å². The summed E-state index contributed by atoms with van der Waals surface area (Å²) < 4.78 is 5.37. The standard InChI is InChI=1S/C16H22N4O2/c1-9(2)5-10-6-12(22-20-10)14-18-11-7-16(3,4)8-17-15(21)13(11)19-14/h6,9H,5,7-8H2,1-4H3,(H,17,21)(H,18,19). The Balaban J connectivity index is 1.92. The van der Waals surface area contributed by atoms with Gasteiger partial charge in [-0.25, -0.2) is 4.98 Å². The van der Waals surface area contributed by atoms with Crippen molar-refractivity contribution in [2.45, 2.75) is 40.5 Å². The minimum atomic E-state index is -0.134. The van der Waals surface area contributed by atoms with Gasteiger partial charge < -0.3 is 14.8 Å². The van der Waals surface area contributed by atoms with Crippen LogP contribution in [0.5, 0.6) is 0 Å². The van der Waals surface area contributed by atoms with Crippen LogP contribution in [0, 0.1) is 11.3 Å². The second-order valence-electron chi connectivity index (χ2n) is 7.22. The van der Waals surface area contributed by atoms with E-state index in [2.05, 4.69) is 48.1 Å². The van der Waals surface area contributed by atoms with Gasteiger partial charge in [0.15, 0.2) is 5.82 Å². The molecule has 0 saturated carbocycles. The zero-order valence-corrected chi connectivity index (χ0v) is 13.5. The first kappa shape index (κ1) is 14.8. The van der Waals surface area contributed by atoms with Crippen LogP contribution in [0.25, 0.3) is 11.6 Å². The largest absolute Gasteiger partial charge is 0.353 e. The van der Waals surface area contributed by atoms with Crippen molar-refractivity contribution < 1.29 is 9.32 Å². The number of imidazole rings is 1. The van der Waals surface area contributed by atoms with Gasteiger partial charge >= 0.3 is 0 Å². The van der Waals surface area contributed by atoms with Crippen LogP contribution in [0.1, 0.15) is 49.6 Å². The van der Waals surface area contributed by atoms with Gasteiger partial charge in [-0.1, -0.05) is 32.9 Å². The maximum Gasteiger partial charge on any atom is 0.271 e. The zero-order valence-electron chi connectivity index (χ0n) is 13.5. The Morgan fingerprint density at radius 2 is 2.18 bits per heavy atom. The number of amides is 1. The summed E-state index contributed by atoms with van der Waals surface area (Å²) in [6.45, 7) is 9.16. The van der Waals surface area contributed by atoms with Crippen LogP contribution in [0.3, 0.4) is 0 Å². The summed E-state index contributed by atoms with van der Waals surface area (Å²) >= 11 is 0. The van der Waals surface area contributed by atoms with Gasteiger partial charge in [0.1, 0.15) is 5.69 Å². The number of hydrogen-bond acceptors (Lipinski definition) is 4. The van der Waals surface area contributed by atoms with Gasteiger partial charge in [-0.2, -0.15) is 0 Å². The maximum atomic E-state index is 12.1. The molecule has 118 valence electrons. The number of fused-ring (bicyclic) bond motifs is 1. The molecule has 0 spiro atoms. The highest BCUT2D eigenvalue weighted by Crippen LogP contribution is 2.28. The van der Waals surface area contributed by atoms with E-state index in [1.165, 1.54) is 0 Å². The SMILES string of the molecule is CC(C)Cc1cc(-c2nc3c([nH]2)CC(C)(C)CNC3=O)on1. The normalized spacial score (nSPS) is 17.2. The van der Waals surface area contributed by atoms with Gasteiger partial charge in [0.2, 0.25) is 5.76 Å². The third-order valence-corrected chi connectivity index (χ3v) is 3.79. The van der Waals surface area contributed by atoms with Crippen LogP contribution in [0.2, 0.25) is 0 Å². The summed E-state index contributed by atoms with van der Waals surface area (Å²) in [6, 6.07) is 1.89. The van der Waals surface area contributed by atoms with E-state index >= 15 is 0 Å². The molecule has 3 rings (SSSR count). The van der Waals surface area contributed by atoms with Crippen molar-refractivity contribution >= 4 is 5.91 Å². The van der Waals surface area contributed by atoms with Gasteiger partial charge in [0.05, 0.1) is 5.69 Å². The summed E-state index contributed by atoms with van der Waals surface area (Å²) in [7, 11) is 0. The Bertz CT molecular complexity index is 697. The fourth-order valence-electron chi connectivity index (χ4n) is 2.72. The molecule has 1 aliphatic rings. The number of aromatic nitrogens is 3. The Hall–Kier alpha value is -2.11. The molecule has 0 aromatic carbocycles. The molecule has 1 amide bonds. The molecular weight excluding hydrogens is 280 g/mol. The summed E-state index contributed by atoms with van der Waals surface area (Å²) in [6.07, 6.45) is 1.62. The lowest BCUT2D eigenvalue weighted by Gasteiger charge is -2.21. The molecule has 6 nitrogen and oxygen atoms in total. The minimum absolute atomic E-state index is 0.00503. The number of nitrogens with one attached hydrogen (secondary N) is 2. The number of carbonyl (C=O) groups is 1. The van der Waals surface area contributed by atoms with E-state index in [0.29, 0.717) is 29.7 Å². The van der Waals surface area contributed by atoms with Crippen LogP contribution < -0.4 is 5.32 Å². The van der Waals surface area contributed by atoms with Gasteiger partial charge in [-0.15, -0.1) is 0 Å². The lowest BCUT2D eigenvalue weighted by atomic mass is 9.88. The van der Waals surface area contributed by atoms with Crippen LogP contribution in [0.4, 0.5) is 0 Å². The average molecular weight is 302 g/mol. The van der Waals surface area contributed by atoms with Gasteiger partial charge in [-0.3, -0.25) is 4.79 Å². The van der Waals surface area contributed by atoms with Crippen LogP contribution in [0.15, 0.2) is 10.6 Å². The number of nitrogens with zero attached hydrogens (tertiary/aromatic N) is 2. The first-order chi connectivity index (χ1) is 10.3. The summed E-state index contributed by atoms with van der Waals surface area (Å²) in [4.78, 5) is 19.8. The first-order valence-corrected chi connectivity index (χ1v) is 7.67. The van der Waals surface area contributed by atoms with Crippen LogP contribution in [-0.2, 0) is 12.8 Å². The Kier molecular flexibility index (Phi) is 3.54. The van der Waals surface area contributed by atoms with Gasteiger partial charge in [0.25, 0.3) is 5.91 Å². The quantitative estimate of drug-likeness (QED) is 0.912. The second kappa shape index (κ2) is 5.26. The molecule has 0 aliphatic carbocycles. The zero-order chi connectivity index (χ0) is 15.9. The molecule has 2 aromatic rings. The molecule has 0 saturated heterocycles. The molecule has 0 atom stereocenters. The van der Waals surface area contributed by atoms with E-state index in [4.69, 9.17) is 4.52 Å². The van der Waals surface area contributed by atoms with Crippen LogP contribution in [-0.4, -0.2) is 27.6 Å². The van der Waals surface area contributed by atoms with E-state index in [-0.39, 0.29) is 11.3 Å². The van der Waals surface area contributed by atoms with E-state index in [9.17, 15) is 4.79 Å². The van der Waals surface area contributed by atoms with Crippen molar-refractivity contribution in [3.63, 3.8) is 0 Å². The highest BCUT2D eigenvalue weighted by Gasteiger charge is 2.30. The number of H-pyrrole nitrogens is 1. The minimum Gasteiger partial charge on any atom is -0.353 e. The van der Waals surface area contributed by atoms with Crippen molar-refractivity contribution in [2.75, 3.05) is 6.54 Å². The number of aromatic amines is 1. The highest BCUT2D eigenvalue weighted by molar-refractivity contribution is 5.94. The molecule has 0 fully saturated rings. The Morgan fingerprint density at radius 1 is 1.41 bits per heavy atom. The van der Waals surface area contributed by atoms with Gasteiger partial charge in [-0.05, 0) is 24.2 Å². The number of carbonyl (C=O) groups excluding carboxylic acids is 1. The van der Waals surface area contributed by atoms with E-state index < -0.39 is 0 Å². The molecule has 1 aliphatic heterocycles. The molecule has 3 heterocycles. The highest BCUT2D eigenvalue weighted by atomic mass is 16.5.